The molecule has 4 aliphatic rings. The molecular formula is C47H50FN9O6S. The highest BCUT2D eigenvalue weighted by atomic mass is 32.2. The van der Waals surface area contributed by atoms with Crippen molar-refractivity contribution in [2.24, 2.45) is 16.6 Å². The SMILES string of the molecule is Cc1cc(N=C(C2=C(N)CCN(C(=O)c3cc4cc(C5CCOCC5)ccc4n3[C@@]3(c4noc(=O)[nH]4)C[C@@H]3C)[C@H]2C)n2ccn(-c3ccc([S@](=N)(=O)C4CC4)cc3)c2=O)cc(C)c1F. The highest BCUT2D eigenvalue weighted by Crippen LogP contribution is 2.56. The number of ether oxygens (including phenoxy) is 1. The van der Waals surface area contributed by atoms with Gasteiger partial charge in [-0.1, -0.05) is 18.1 Å². The molecule has 0 bridgehead atoms. The van der Waals surface area contributed by atoms with Gasteiger partial charge in [0.15, 0.2) is 5.82 Å². The van der Waals surface area contributed by atoms with E-state index in [2.05, 4.69) is 29.2 Å². The first kappa shape index (κ1) is 41.7. The van der Waals surface area contributed by atoms with Gasteiger partial charge in [0.1, 0.15) is 22.9 Å². The molecule has 332 valence electrons. The van der Waals surface area contributed by atoms with Crippen LogP contribution in [0.2, 0.25) is 0 Å². The summed E-state index contributed by atoms with van der Waals surface area (Å²) in [6.07, 6.45) is 7.36. The molecule has 1 amide bonds. The van der Waals surface area contributed by atoms with Crippen LogP contribution < -0.4 is 17.2 Å². The van der Waals surface area contributed by atoms with Gasteiger partial charge in [-0.2, -0.15) is 0 Å². The molecule has 4 N–H and O–H groups in total. The number of carbonyl (C=O) groups is 1. The number of halogens is 1. The van der Waals surface area contributed by atoms with E-state index in [1.165, 1.54) is 14.7 Å². The number of benzene rings is 3. The van der Waals surface area contributed by atoms with Crippen LogP contribution >= 0.6 is 0 Å². The lowest BCUT2D eigenvalue weighted by atomic mass is 9.91. The van der Waals surface area contributed by atoms with Crippen molar-refractivity contribution in [1.82, 2.24) is 28.7 Å². The molecule has 10 rings (SSSR count). The predicted octanol–water partition coefficient (Wildman–Crippen LogP) is 7.00. The summed E-state index contributed by atoms with van der Waals surface area (Å²) in [6, 6.07) is 17.3. The number of nitrogens with one attached hydrogen (secondary N) is 2. The molecule has 3 fully saturated rings. The van der Waals surface area contributed by atoms with Crippen molar-refractivity contribution in [2.75, 3.05) is 19.8 Å². The van der Waals surface area contributed by atoms with Crippen LogP contribution in [0.25, 0.3) is 16.6 Å². The Bertz CT molecular complexity index is 3140. The van der Waals surface area contributed by atoms with Crippen molar-refractivity contribution >= 4 is 38.1 Å². The number of aryl methyl sites for hydroxylation is 2. The lowest BCUT2D eigenvalue weighted by Crippen LogP contribution is -2.49. The van der Waals surface area contributed by atoms with E-state index in [0.29, 0.717) is 75.7 Å². The number of aromatic amines is 1. The van der Waals surface area contributed by atoms with Gasteiger partial charge < -0.3 is 19.9 Å². The molecule has 64 heavy (non-hydrogen) atoms. The number of imidazole rings is 1. The number of H-pyrrole nitrogens is 1. The topological polar surface area (TPSA) is 200 Å². The highest BCUT2D eigenvalue weighted by molar-refractivity contribution is 7.93. The van der Waals surface area contributed by atoms with Gasteiger partial charge in [0, 0.05) is 70.9 Å². The largest absolute Gasteiger partial charge is 0.438 e. The normalized spacial score (nSPS) is 22.9. The molecule has 0 radical (unpaired) electrons. The fourth-order valence-corrected chi connectivity index (χ4v) is 11.6. The molecule has 2 saturated carbocycles. The van der Waals surface area contributed by atoms with Crippen LogP contribution in [0.3, 0.4) is 0 Å². The molecule has 3 aromatic heterocycles. The van der Waals surface area contributed by atoms with Gasteiger partial charge in [-0.05, 0) is 136 Å². The van der Waals surface area contributed by atoms with E-state index >= 15 is 4.79 Å². The number of aromatic nitrogens is 5. The maximum absolute atomic E-state index is 15.4. The Morgan fingerprint density at radius 3 is 2.34 bits per heavy atom. The van der Waals surface area contributed by atoms with E-state index in [1.54, 1.807) is 67.5 Å². The Morgan fingerprint density at radius 2 is 1.70 bits per heavy atom. The zero-order valence-electron chi connectivity index (χ0n) is 36.1. The van der Waals surface area contributed by atoms with Crippen molar-refractivity contribution in [3.05, 3.63) is 139 Å². The first-order valence-electron chi connectivity index (χ1n) is 21.8. The van der Waals surface area contributed by atoms with Gasteiger partial charge >= 0.3 is 11.4 Å². The Morgan fingerprint density at radius 1 is 1.00 bits per heavy atom. The summed E-state index contributed by atoms with van der Waals surface area (Å²) < 4.78 is 52.1. The first-order chi connectivity index (χ1) is 30.7. The van der Waals surface area contributed by atoms with E-state index < -0.39 is 32.8 Å². The molecule has 1 saturated heterocycles. The summed E-state index contributed by atoms with van der Waals surface area (Å²) in [4.78, 5) is 52.3. The zero-order valence-corrected chi connectivity index (χ0v) is 36.9. The number of fused-ring (bicyclic) bond motifs is 1. The molecule has 3 aromatic carbocycles. The van der Waals surface area contributed by atoms with E-state index in [9.17, 15) is 18.2 Å². The summed E-state index contributed by atoms with van der Waals surface area (Å²) >= 11 is 0. The number of rotatable bonds is 9. The van der Waals surface area contributed by atoms with E-state index in [0.717, 1.165) is 36.6 Å². The number of nitrogens with zero attached hydrogens (tertiary/aromatic N) is 6. The third-order valence-electron chi connectivity index (χ3n) is 13.7. The molecule has 0 spiro atoms. The first-order valence-corrected chi connectivity index (χ1v) is 23.4. The fraction of sp³-hybridized carbons (Fsp3) is 0.383. The average molecular weight is 888 g/mol. The van der Waals surface area contributed by atoms with Crippen molar-refractivity contribution in [2.45, 2.75) is 93.9 Å². The third kappa shape index (κ3) is 6.87. The molecule has 15 nitrogen and oxygen atoms in total. The lowest BCUT2D eigenvalue weighted by molar-refractivity contribution is 0.0697. The zero-order chi connectivity index (χ0) is 44.8. The monoisotopic (exact) mass is 887 g/mol. The predicted molar refractivity (Wildman–Crippen MR) is 240 cm³/mol. The number of carbonyl (C=O) groups excluding carboxylic acids is 1. The summed E-state index contributed by atoms with van der Waals surface area (Å²) in [5.41, 5.74) is 10.5. The van der Waals surface area contributed by atoms with Crippen LogP contribution in [0.1, 0.15) is 91.3 Å². The van der Waals surface area contributed by atoms with Crippen molar-refractivity contribution in [3.63, 3.8) is 0 Å². The van der Waals surface area contributed by atoms with E-state index in [4.69, 9.17) is 24.8 Å². The molecule has 6 aromatic rings. The van der Waals surface area contributed by atoms with Crippen molar-refractivity contribution in [1.29, 1.82) is 4.78 Å². The second kappa shape index (κ2) is 15.4. The lowest BCUT2D eigenvalue weighted by Gasteiger charge is -2.37. The molecule has 2 aliphatic carbocycles. The third-order valence-corrected chi connectivity index (χ3v) is 16.1. The highest BCUT2D eigenvalue weighted by Gasteiger charge is 2.59. The Kier molecular flexibility index (Phi) is 10.0. The van der Waals surface area contributed by atoms with Crippen LogP contribution in [-0.4, -0.2) is 75.7 Å². The minimum Gasteiger partial charge on any atom is -0.402 e. The van der Waals surface area contributed by atoms with Gasteiger partial charge in [-0.25, -0.2) is 28.0 Å². The molecule has 17 heteroatoms. The van der Waals surface area contributed by atoms with E-state index in [-0.39, 0.29) is 41.7 Å². The number of amides is 1. The number of hydrogen-bond acceptors (Lipinski definition) is 10. The minimum absolute atomic E-state index is 0.00168. The van der Waals surface area contributed by atoms with Gasteiger partial charge in [0.05, 0.1) is 27.1 Å². The number of aliphatic imine (C=N–C) groups is 1. The molecule has 5 heterocycles. The molecule has 2 aliphatic heterocycles. The second-order valence-corrected chi connectivity index (χ2v) is 20.2. The van der Waals surface area contributed by atoms with Crippen LogP contribution in [-0.2, 0) is 20.0 Å². The minimum atomic E-state index is -2.94. The van der Waals surface area contributed by atoms with Crippen molar-refractivity contribution < 1.29 is 22.7 Å². The van der Waals surface area contributed by atoms with E-state index in [1.807, 2.05) is 23.6 Å². The van der Waals surface area contributed by atoms with Crippen LogP contribution in [0.4, 0.5) is 10.1 Å². The Hall–Kier alpha value is -6.33. The summed E-state index contributed by atoms with van der Waals surface area (Å²) in [5, 5.41) is 4.87. The molecular weight excluding hydrogens is 838 g/mol. The van der Waals surface area contributed by atoms with Gasteiger partial charge in [0.2, 0.25) is 0 Å². The Labute approximate surface area is 368 Å². The van der Waals surface area contributed by atoms with Crippen LogP contribution in [0, 0.1) is 30.4 Å². The van der Waals surface area contributed by atoms with Gasteiger partial charge in [0.25, 0.3) is 5.91 Å². The maximum Gasteiger partial charge on any atom is 0.438 e. The smallest absolute Gasteiger partial charge is 0.402 e. The standard InChI is InChI=1S/C47H50FN9O6S/c1-26-21-33(22-27(2)41(26)48)51-42(56-18-17-55(46(56)60)34-6-8-35(9-7-34)64(50,61)36-10-11-36)40-29(4)54(16-13-37(40)49)43(58)39-24-32-23-31(30-14-19-62-20-15-30)5-12-38(32)57(39)47(25-28(47)3)44-52-45(59)63-53-44/h5-9,12,17-18,21-24,28-30,36,50H,10-11,13-16,19-20,25,49H2,1-4H3,(H,52,53,59)/t28-,29-,47-,64-/m0/s1. The quantitative estimate of drug-likeness (QED) is 0.102. The maximum atomic E-state index is 15.4. The number of nitrogens with two attached hydrogens (primary N) is 1. The van der Waals surface area contributed by atoms with Crippen LogP contribution in [0.5, 0.6) is 0 Å². The fourth-order valence-electron chi connectivity index (χ4n) is 9.92. The van der Waals surface area contributed by atoms with Gasteiger partial charge in [-0.15, -0.1) is 0 Å². The average Bonchev–Trinajstić information content (AvgIpc) is 4.11. The Balaban J connectivity index is 1.07. The van der Waals surface area contributed by atoms with Gasteiger partial charge in [-0.3, -0.25) is 23.4 Å². The second-order valence-electron chi connectivity index (χ2n) is 17.8. The summed E-state index contributed by atoms with van der Waals surface area (Å²) in [5.74, 6) is -0.502. The van der Waals surface area contributed by atoms with Crippen molar-refractivity contribution in [3.8, 4) is 5.69 Å². The van der Waals surface area contributed by atoms with Crippen LogP contribution in [0.15, 0.2) is 108 Å². The number of hydrogen-bond donors (Lipinski definition) is 3. The molecule has 0 unspecified atom stereocenters. The summed E-state index contributed by atoms with van der Waals surface area (Å²) in [7, 11) is -2.94. The molecule has 4 atom stereocenters. The summed E-state index contributed by atoms with van der Waals surface area (Å²) in [6.45, 7) is 8.84.